The number of carbonyl (C=O) groups is 1. The predicted molar refractivity (Wildman–Crippen MR) is 183 cm³/mol. The van der Waals surface area contributed by atoms with Gasteiger partial charge in [0.15, 0.2) is 11.5 Å². The first kappa shape index (κ1) is 29.5. The molecule has 4 aliphatic rings. The molecule has 6 heterocycles. The number of benzene rings is 1. The van der Waals surface area contributed by atoms with E-state index >= 15 is 0 Å². The van der Waals surface area contributed by atoms with E-state index in [4.69, 9.17) is 25.5 Å². The number of rotatable bonds is 7. The van der Waals surface area contributed by atoms with Crippen LogP contribution in [0.5, 0.6) is 0 Å². The van der Waals surface area contributed by atoms with Crippen molar-refractivity contribution < 1.29 is 9.53 Å². The molecule has 9 rings (SSSR count). The summed E-state index contributed by atoms with van der Waals surface area (Å²) < 4.78 is 9.74. The minimum absolute atomic E-state index is 0.302. The zero-order valence-electron chi connectivity index (χ0n) is 27.1. The number of nitrogens with one attached hydrogen (secondary N) is 1. The van der Waals surface area contributed by atoms with Gasteiger partial charge < -0.3 is 20.7 Å². The Labute approximate surface area is 279 Å². The van der Waals surface area contributed by atoms with Crippen LogP contribution in [0.4, 0.5) is 5.82 Å². The molecule has 0 bridgehead atoms. The number of pyridine rings is 2. The third kappa shape index (κ3) is 5.44. The fourth-order valence-electron chi connectivity index (χ4n) is 7.82. The van der Waals surface area contributed by atoms with Gasteiger partial charge in [-0.3, -0.25) is 14.0 Å². The lowest BCUT2D eigenvalue weighted by Gasteiger charge is -2.34. The van der Waals surface area contributed by atoms with E-state index in [0.29, 0.717) is 41.6 Å². The molecule has 3 N–H and O–H groups in total. The maximum atomic E-state index is 12.5. The van der Waals surface area contributed by atoms with Crippen LogP contribution in [0.2, 0.25) is 0 Å². The van der Waals surface area contributed by atoms with Crippen molar-refractivity contribution in [3.63, 3.8) is 0 Å². The second-order valence-corrected chi connectivity index (χ2v) is 13.8. The number of piperidine rings is 1. The van der Waals surface area contributed by atoms with Crippen molar-refractivity contribution in [1.29, 1.82) is 0 Å². The van der Waals surface area contributed by atoms with Crippen molar-refractivity contribution in [3.05, 3.63) is 72.1 Å². The van der Waals surface area contributed by atoms with Crippen LogP contribution in [-0.2, 0) is 16.0 Å². The minimum Gasteiger partial charge on any atom is -0.383 e. The first-order chi connectivity index (χ1) is 23.6. The second kappa shape index (κ2) is 12.1. The van der Waals surface area contributed by atoms with Gasteiger partial charge in [-0.05, 0) is 105 Å². The summed E-state index contributed by atoms with van der Waals surface area (Å²) in [7, 11) is 0. The Morgan fingerprint density at radius 2 is 1.77 bits per heavy atom. The van der Waals surface area contributed by atoms with Gasteiger partial charge in [-0.1, -0.05) is 6.07 Å². The Kier molecular flexibility index (Phi) is 7.46. The number of fused-ring (bicyclic) bond motifs is 2. The van der Waals surface area contributed by atoms with E-state index in [1.807, 2.05) is 30.3 Å². The van der Waals surface area contributed by atoms with Crippen molar-refractivity contribution in [3.8, 4) is 28.5 Å². The van der Waals surface area contributed by atoms with Crippen LogP contribution >= 0.6 is 0 Å². The van der Waals surface area contributed by atoms with E-state index in [1.54, 1.807) is 6.20 Å². The molecular formula is C37H41N9O2. The SMILES string of the molecule is Nc1ncccc1-c1nc2ccc(-c3ccn(C4CCOCC4)n3)nc2n1-c1ccc2c(c1)CC[C@@H]2NC1CCN(C(=O)C2CC2)CC1. The number of anilines is 1. The van der Waals surface area contributed by atoms with Crippen molar-refractivity contribution >= 4 is 22.9 Å². The number of hydrogen-bond donors (Lipinski definition) is 2. The lowest BCUT2D eigenvalue weighted by atomic mass is 10.0. The topological polar surface area (TPSA) is 129 Å². The third-order valence-electron chi connectivity index (χ3n) is 10.7. The van der Waals surface area contributed by atoms with E-state index < -0.39 is 0 Å². The molecule has 1 amide bonds. The Hall–Kier alpha value is -4.61. The van der Waals surface area contributed by atoms with Gasteiger partial charge in [0.1, 0.15) is 17.0 Å². The number of aromatic nitrogens is 6. The number of nitrogen functional groups attached to an aromatic ring is 1. The Morgan fingerprint density at radius 3 is 2.58 bits per heavy atom. The summed E-state index contributed by atoms with van der Waals surface area (Å²) in [6.07, 6.45) is 11.9. The van der Waals surface area contributed by atoms with Gasteiger partial charge in [0.25, 0.3) is 0 Å². The molecule has 48 heavy (non-hydrogen) atoms. The van der Waals surface area contributed by atoms with Gasteiger partial charge in [-0.15, -0.1) is 0 Å². The minimum atomic E-state index is 0.302. The number of carbonyl (C=O) groups excluding carboxylic acids is 1. The summed E-state index contributed by atoms with van der Waals surface area (Å²) in [5.41, 5.74) is 14.1. The summed E-state index contributed by atoms with van der Waals surface area (Å²) in [5.74, 6) is 1.82. The standard InChI is InChI=1S/C37H41N9O2/c38-34-29(2-1-16-39-34)35-42-33-10-9-31(32-13-19-45(43-32)26-14-20-48-21-15-26)41-36(33)46(35)27-6-7-28-24(22-27)5-8-30(28)40-25-11-17-44(18-12-25)37(47)23-3-4-23/h1-2,6-7,9-10,13,16,19,22-23,25-26,30,40H,3-5,8,11-12,14-15,17-18,20-21H2,(H2,38,39)/t30-/m0/s1. The number of amides is 1. The van der Waals surface area contributed by atoms with E-state index in [9.17, 15) is 4.79 Å². The summed E-state index contributed by atoms with van der Waals surface area (Å²) >= 11 is 0. The normalized spacial score (nSPS) is 20.4. The van der Waals surface area contributed by atoms with Gasteiger partial charge in [0.2, 0.25) is 5.91 Å². The molecule has 0 unspecified atom stereocenters. The van der Waals surface area contributed by atoms with Crippen LogP contribution in [0.15, 0.2) is 60.9 Å². The van der Waals surface area contributed by atoms with E-state index in [0.717, 1.165) is 111 Å². The van der Waals surface area contributed by atoms with Crippen LogP contribution in [0.1, 0.15) is 68.2 Å². The summed E-state index contributed by atoms with van der Waals surface area (Å²) in [5, 5.41) is 8.88. The van der Waals surface area contributed by atoms with Gasteiger partial charge in [-0.25, -0.2) is 15.0 Å². The molecule has 11 heteroatoms. The highest BCUT2D eigenvalue weighted by Gasteiger charge is 2.35. The summed E-state index contributed by atoms with van der Waals surface area (Å²) in [4.78, 5) is 29.2. The number of aryl methyl sites for hydroxylation is 1. The fraction of sp³-hybridized carbons (Fsp3) is 0.432. The van der Waals surface area contributed by atoms with Crippen molar-refractivity contribution in [1.82, 2.24) is 39.5 Å². The van der Waals surface area contributed by atoms with E-state index in [1.165, 1.54) is 11.1 Å². The number of nitrogens with zero attached hydrogens (tertiary/aromatic N) is 7. The summed E-state index contributed by atoms with van der Waals surface area (Å²) in [6.45, 7) is 3.26. The largest absolute Gasteiger partial charge is 0.383 e. The van der Waals surface area contributed by atoms with Crippen molar-refractivity contribution in [2.75, 3.05) is 32.0 Å². The molecule has 2 aliphatic carbocycles. The van der Waals surface area contributed by atoms with Gasteiger partial charge in [0.05, 0.1) is 17.3 Å². The molecule has 2 aliphatic heterocycles. The smallest absolute Gasteiger partial charge is 0.225 e. The monoisotopic (exact) mass is 643 g/mol. The van der Waals surface area contributed by atoms with Gasteiger partial charge in [0, 0.05) is 62.4 Å². The average molecular weight is 644 g/mol. The lowest BCUT2D eigenvalue weighted by Crippen LogP contribution is -2.46. The molecule has 246 valence electrons. The summed E-state index contributed by atoms with van der Waals surface area (Å²) in [6, 6.07) is 17.7. The molecule has 5 aromatic rings. The fourth-order valence-corrected chi connectivity index (χ4v) is 7.82. The number of likely N-dealkylation sites (tertiary alicyclic amines) is 1. The van der Waals surface area contributed by atoms with E-state index in [-0.39, 0.29) is 0 Å². The Morgan fingerprint density at radius 1 is 0.917 bits per heavy atom. The van der Waals surface area contributed by atoms with Crippen LogP contribution in [0.25, 0.3) is 39.6 Å². The highest BCUT2D eigenvalue weighted by Crippen LogP contribution is 2.37. The van der Waals surface area contributed by atoms with Gasteiger partial charge >= 0.3 is 0 Å². The maximum Gasteiger partial charge on any atom is 0.225 e. The maximum absolute atomic E-state index is 12.5. The van der Waals surface area contributed by atoms with Crippen molar-refractivity contribution in [2.45, 2.75) is 69.5 Å². The zero-order valence-corrected chi connectivity index (χ0v) is 27.1. The predicted octanol–water partition coefficient (Wildman–Crippen LogP) is 5.26. The molecule has 0 spiro atoms. The number of ether oxygens (including phenoxy) is 1. The molecular weight excluding hydrogens is 602 g/mol. The highest BCUT2D eigenvalue weighted by atomic mass is 16.5. The lowest BCUT2D eigenvalue weighted by molar-refractivity contribution is -0.133. The van der Waals surface area contributed by atoms with E-state index in [2.05, 4.69) is 48.8 Å². The first-order valence-corrected chi connectivity index (χ1v) is 17.5. The quantitative estimate of drug-likeness (QED) is 0.246. The van der Waals surface area contributed by atoms with Gasteiger partial charge in [-0.2, -0.15) is 5.10 Å². The number of imidazole rings is 1. The number of nitrogens with two attached hydrogens (primary N) is 1. The molecule has 0 radical (unpaired) electrons. The Balaban J connectivity index is 1.03. The molecule has 1 atom stereocenters. The second-order valence-electron chi connectivity index (χ2n) is 13.8. The third-order valence-corrected chi connectivity index (χ3v) is 10.7. The molecule has 2 saturated heterocycles. The molecule has 3 fully saturated rings. The molecule has 4 aromatic heterocycles. The highest BCUT2D eigenvalue weighted by molar-refractivity contribution is 5.84. The molecule has 1 saturated carbocycles. The first-order valence-electron chi connectivity index (χ1n) is 17.5. The van der Waals surface area contributed by atoms with Crippen LogP contribution in [-0.4, -0.2) is 72.5 Å². The van der Waals surface area contributed by atoms with Crippen molar-refractivity contribution in [2.24, 2.45) is 5.92 Å². The van der Waals surface area contributed by atoms with Crippen LogP contribution < -0.4 is 11.1 Å². The molecule has 11 nitrogen and oxygen atoms in total. The zero-order chi connectivity index (χ0) is 32.2. The Bertz CT molecular complexity index is 1980. The van der Waals surface area contributed by atoms with Crippen LogP contribution in [0, 0.1) is 5.92 Å². The molecule has 1 aromatic carbocycles. The van der Waals surface area contributed by atoms with Crippen LogP contribution in [0.3, 0.4) is 0 Å². The average Bonchev–Trinajstić information content (AvgIpc) is 3.54. The number of hydrogen-bond acceptors (Lipinski definition) is 8.